The van der Waals surface area contributed by atoms with Crippen LogP contribution in [0.25, 0.3) is 0 Å². The summed E-state index contributed by atoms with van der Waals surface area (Å²) < 4.78 is 0. The first kappa shape index (κ1) is 12.4. The van der Waals surface area contributed by atoms with E-state index in [-0.39, 0.29) is 5.54 Å². The lowest BCUT2D eigenvalue weighted by Gasteiger charge is -2.46. The monoisotopic (exact) mass is 232 g/mol. The zero-order valence-electron chi connectivity index (χ0n) is 11.5. The number of piperazine rings is 1. The van der Waals surface area contributed by atoms with E-state index in [4.69, 9.17) is 0 Å². The Bertz CT molecular complexity index is 367. The highest BCUT2D eigenvalue weighted by molar-refractivity contribution is 5.48. The van der Waals surface area contributed by atoms with Crippen LogP contribution in [0.1, 0.15) is 26.3 Å². The van der Waals surface area contributed by atoms with E-state index >= 15 is 0 Å². The minimum Gasteiger partial charge on any atom is -0.368 e. The van der Waals surface area contributed by atoms with Crippen molar-refractivity contribution in [2.24, 2.45) is 0 Å². The summed E-state index contributed by atoms with van der Waals surface area (Å²) in [5.74, 6) is 0. The van der Waals surface area contributed by atoms with Gasteiger partial charge in [0.25, 0.3) is 0 Å². The van der Waals surface area contributed by atoms with Crippen LogP contribution in [0.4, 0.5) is 5.69 Å². The summed E-state index contributed by atoms with van der Waals surface area (Å²) in [6, 6.07) is 9.03. The molecule has 0 bridgehead atoms. The number of benzene rings is 1. The van der Waals surface area contributed by atoms with Crippen LogP contribution in [0.5, 0.6) is 0 Å². The third-order valence-electron chi connectivity index (χ3n) is 4.03. The molecule has 17 heavy (non-hydrogen) atoms. The van der Waals surface area contributed by atoms with Crippen LogP contribution in [0.2, 0.25) is 0 Å². The molecule has 0 N–H and O–H groups in total. The van der Waals surface area contributed by atoms with E-state index in [0.717, 1.165) is 26.1 Å². The molecule has 0 aromatic heterocycles. The maximum absolute atomic E-state index is 2.50. The van der Waals surface area contributed by atoms with Crippen LogP contribution < -0.4 is 4.90 Å². The second kappa shape index (κ2) is 4.69. The Balaban J connectivity index is 2.12. The quantitative estimate of drug-likeness (QED) is 0.773. The van der Waals surface area contributed by atoms with Crippen LogP contribution in [0.3, 0.4) is 0 Å². The van der Waals surface area contributed by atoms with Crippen molar-refractivity contribution in [3.05, 3.63) is 29.8 Å². The number of aryl methyl sites for hydroxylation is 1. The van der Waals surface area contributed by atoms with E-state index in [2.05, 4.69) is 61.9 Å². The smallest absolute Gasteiger partial charge is 0.0367 e. The molecule has 0 unspecified atom stereocenters. The van der Waals surface area contributed by atoms with Crippen LogP contribution in [-0.2, 0) is 6.42 Å². The van der Waals surface area contributed by atoms with Crippen LogP contribution in [0, 0.1) is 0 Å². The zero-order valence-corrected chi connectivity index (χ0v) is 11.5. The molecule has 1 aliphatic heterocycles. The van der Waals surface area contributed by atoms with Crippen LogP contribution in [-0.4, -0.2) is 37.1 Å². The Labute approximate surface area is 105 Å². The normalized spacial score (nSPS) is 20.6. The van der Waals surface area contributed by atoms with Crippen LogP contribution >= 0.6 is 0 Å². The third-order valence-corrected chi connectivity index (χ3v) is 4.03. The fourth-order valence-electron chi connectivity index (χ4n) is 2.40. The Morgan fingerprint density at radius 3 is 2.29 bits per heavy atom. The molecule has 1 fully saturated rings. The predicted octanol–water partition coefficient (Wildman–Crippen LogP) is 2.78. The fourth-order valence-corrected chi connectivity index (χ4v) is 2.40. The van der Waals surface area contributed by atoms with E-state index in [0.29, 0.717) is 0 Å². The van der Waals surface area contributed by atoms with Gasteiger partial charge < -0.3 is 4.90 Å². The van der Waals surface area contributed by atoms with Gasteiger partial charge >= 0.3 is 0 Å². The van der Waals surface area contributed by atoms with Crippen molar-refractivity contribution in [1.82, 2.24) is 4.90 Å². The number of nitrogens with zero attached hydrogens (tertiary/aromatic N) is 2. The Morgan fingerprint density at radius 2 is 1.76 bits per heavy atom. The lowest BCUT2D eigenvalue weighted by atomic mass is 9.99. The molecule has 0 spiro atoms. The highest BCUT2D eigenvalue weighted by atomic mass is 15.3. The molecule has 0 radical (unpaired) electrons. The van der Waals surface area contributed by atoms with Crippen molar-refractivity contribution in [3.63, 3.8) is 0 Å². The molecule has 2 nitrogen and oxygen atoms in total. The molecular formula is C15H24N2. The largest absolute Gasteiger partial charge is 0.368 e. The Morgan fingerprint density at radius 1 is 1.12 bits per heavy atom. The lowest BCUT2D eigenvalue weighted by Crippen LogP contribution is -2.57. The molecule has 94 valence electrons. The first-order chi connectivity index (χ1) is 8.03. The van der Waals surface area contributed by atoms with Gasteiger partial charge in [-0.2, -0.15) is 0 Å². The van der Waals surface area contributed by atoms with E-state index in [1.54, 1.807) is 0 Å². The molecule has 1 saturated heterocycles. The number of hydrogen-bond donors (Lipinski definition) is 0. The minimum absolute atomic E-state index is 0.266. The van der Waals surface area contributed by atoms with Crippen molar-refractivity contribution < 1.29 is 0 Å². The molecule has 2 rings (SSSR count). The van der Waals surface area contributed by atoms with Gasteiger partial charge in [0, 0.05) is 30.9 Å². The summed E-state index contributed by atoms with van der Waals surface area (Å²) in [6.45, 7) is 10.2. The molecule has 0 amide bonds. The molecule has 1 aromatic rings. The molecule has 1 heterocycles. The predicted molar refractivity (Wildman–Crippen MR) is 74.7 cm³/mol. The minimum atomic E-state index is 0.266. The van der Waals surface area contributed by atoms with Crippen molar-refractivity contribution in [1.29, 1.82) is 0 Å². The highest BCUT2D eigenvalue weighted by Gasteiger charge is 2.30. The van der Waals surface area contributed by atoms with Crippen molar-refractivity contribution in [2.45, 2.75) is 32.7 Å². The molecule has 1 aliphatic rings. The first-order valence-corrected chi connectivity index (χ1v) is 6.58. The number of rotatable bonds is 2. The molecule has 0 atom stereocenters. The summed E-state index contributed by atoms with van der Waals surface area (Å²) in [5.41, 5.74) is 3.05. The SMILES string of the molecule is CCc1ccc(N2CCN(C)C(C)(C)C2)cc1. The van der Waals surface area contributed by atoms with Gasteiger partial charge in [-0.05, 0) is 45.0 Å². The number of anilines is 1. The molecule has 1 aromatic carbocycles. The molecule has 0 aliphatic carbocycles. The van der Waals surface area contributed by atoms with E-state index in [9.17, 15) is 0 Å². The summed E-state index contributed by atoms with van der Waals surface area (Å²) in [6.07, 6.45) is 1.12. The van der Waals surface area contributed by atoms with Crippen LogP contribution in [0.15, 0.2) is 24.3 Å². The van der Waals surface area contributed by atoms with Gasteiger partial charge in [-0.1, -0.05) is 19.1 Å². The first-order valence-electron chi connectivity index (χ1n) is 6.58. The number of hydrogen-bond acceptors (Lipinski definition) is 2. The van der Waals surface area contributed by atoms with Crippen molar-refractivity contribution in [2.75, 3.05) is 31.6 Å². The Hall–Kier alpha value is -1.02. The summed E-state index contributed by atoms with van der Waals surface area (Å²) in [5, 5.41) is 0. The molecular weight excluding hydrogens is 208 g/mol. The summed E-state index contributed by atoms with van der Waals surface area (Å²) >= 11 is 0. The van der Waals surface area contributed by atoms with Crippen molar-refractivity contribution >= 4 is 5.69 Å². The van der Waals surface area contributed by atoms with Crippen molar-refractivity contribution in [3.8, 4) is 0 Å². The van der Waals surface area contributed by atoms with Gasteiger partial charge in [0.2, 0.25) is 0 Å². The molecule has 2 heteroatoms. The second-order valence-corrected chi connectivity index (χ2v) is 5.68. The van der Waals surface area contributed by atoms with E-state index in [1.165, 1.54) is 11.3 Å². The van der Waals surface area contributed by atoms with E-state index in [1.807, 2.05) is 0 Å². The maximum Gasteiger partial charge on any atom is 0.0367 e. The van der Waals surface area contributed by atoms with Gasteiger partial charge in [0.15, 0.2) is 0 Å². The summed E-state index contributed by atoms with van der Waals surface area (Å²) in [7, 11) is 2.22. The third kappa shape index (κ3) is 2.63. The van der Waals surface area contributed by atoms with Gasteiger partial charge in [-0.15, -0.1) is 0 Å². The average molecular weight is 232 g/mol. The van der Waals surface area contributed by atoms with Gasteiger partial charge in [-0.25, -0.2) is 0 Å². The average Bonchev–Trinajstić information content (AvgIpc) is 2.33. The second-order valence-electron chi connectivity index (χ2n) is 5.68. The molecule has 0 saturated carbocycles. The fraction of sp³-hybridized carbons (Fsp3) is 0.600. The lowest BCUT2D eigenvalue weighted by molar-refractivity contribution is 0.139. The highest BCUT2D eigenvalue weighted by Crippen LogP contribution is 2.24. The topological polar surface area (TPSA) is 6.48 Å². The standard InChI is InChI=1S/C15H24N2/c1-5-13-6-8-14(9-7-13)17-11-10-16(4)15(2,3)12-17/h6-9H,5,10-12H2,1-4H3. The van der Waals surface area contributed by atoms with Gasteiger partial charge in [0.1, 0.15) is 0 Å². The van der Waals surface area contributed by atoms with Gasteiger partial charge in [0.05, 0.1) is 0 Å². The van der Waals surface area contributed by atoms with Gasteiger partial charge in [-0.3, -0.25) is 4.90 Å². The maximum atomic E-state index is 2.50. The van der Waals surface area contributed by atoms with E-state index < -0.39 is 0 Å². The zero-order chi connectivity index (χ0) is 12.5. The Kier molecular flexibility index (Phi) is 3.43. The summed E-state index contributed by atoms with van der Waals surface area (Å²) in [4.78, 5) is 4.95. The number of likely N-dealkylation sites (N-methyl/N-ethyl adjacent to an activating group) is 1.